The molecule has 0 saturated heterocycles. The van der Waals surface area contributed by atoms with Gasteiger partial charge in [0.2, 0.25) is 9.84 Å². The van der Waals surface area contributed by atoms with Crippen LogP contribution in [0.1, 0.15) is 11.1 Å². The highest BCUT2D eigenvalue weighted by atomic mass is 32.2. The maximum absolute atomic E-state index is 12.9. The van der Waals surface area contributed by atoms with Crippen molar-refractivity contribution in [1.82, 2.24) is 0 Å². The van der Waals surface area contributed by atoms with Gasteiger partial charge in [-0.25, -0.2) is 21.6 Å². The number of aryl methyl sites for hydroxylation is 2. The number of carbonyl (C=O) groups is 1. The lowest BCUT2D eigenvalue weighted by atomic mass is 10.2. The number of rotatable bonds is 6. The molecule has 5 N–H and O–H groups in total. The number of carboxylic acid groups (broad SMARTS) is 1. The van der Waals surface area contributed by atoms with Crippen molar-refractivity contribution in [3.63, 3.8) is 0 Å². The highest BCUT2D eigenvalue weighted by Gasteiger charge is 2.58. The number of hydrogen-bond acceptors (Lipinski definition) is 7. The first-order valence-corrected chi connectivity index (χ1v) is 10.8. The van der Waals surface area contributed by atoms with Gasteiger partial charge in [0.25, 0.3) is 4.87 Å². The first-order valence-electron chi connectivity index (χ1n) is 7.75. The molecule has 0 aliphatic rings. The summed E-state index contributed by atoms with van der Waals surface area (Å²) in [5.41, 5.74) is 12.9. The maximum Gasteiger partial charge on any atom is 0.342 e. The van der Waals surface area contributed by atoms with Crippen LogP contribution in [0.5, 0.6) is 0 Å². The molecule has 2 aromatic carbocycles. The lowest BCUT2D eigenvalue weighted by Crippen LogP contribution is -2.68. The van der Waals surface area contributed by atoms with Crippen molar-refractivity contribution < 1.29 is 26.7 Å². The van der Waals surface area contributed by atoms with Crippen molar-refractivity contribution >= 4 is 25.6 Å². The van der Waals surface area contributed by atoms with Crippen LogP contribution in [0.15, 0.2) is 58.3 Å². The predicted molar refractivity (Wildman–Crippen MR) is 99.3 cm³/mol. The quantitative estimate of drug-likeness (QED) is 0.621. The van der Waals surface area contributed by atoms with E-state index in [2.05, 4.69) is 0 Å². The van der Waals surface area contributed by atoms with Crippen LogP contribution >= 0.6 is 0 Å². The van der Waals surface area contributed by atoms with Crippen LogP contribution in [0.25, 0.3) is 0 Å². The van der Waals surface area contributed by atoms with Gasteiger partial charge in [0.15, 0.2) is 15.2 Å². The van der Waals surface area contributed by atoms with Crippen molar-refractivity contribution in [2.75, 3.05) is 0 Å². The van der Waals surface area contributed by atoms with Crippen molar-refractivity contribution in [3.8, 4) is 0 Å². The maximum atomic E-state index is 12.9. The zero-order valence-corrected chi connectivity index (χ0v) is 16.3. The van der Waals surface area contributed by atoms with Gasteiger partial charge in [0, 0.05) is 0 Å². The number of benzene rings is 2. The highest BCUT2D eigenvalue weighted by Crippen LogP contribution is 2.30. The SMILES string of the molecule is Cc1ccc(S(=O)(=O)C(N)C(N)(C(=O)O)S(=O)(=O)c2ccc(C)cc2)cc1. The van der Waals surface area contributed by atoms with Gasteiger partial charge in [-0.05, 0) is 38.1 Å². The van der Waals surface area contributed by atoms with Crippen LogP contribution in [-0.2, 0) is 24.5 Å². The highest BCUT2D eigenvalue weighted by molar-refractivity contribution is 7.97. The van der Waals surface area contributed by atoms with Crippen LogP contribution in [0.3, 0.4) is 0 Å². The summed E-state index contributed by atoms with van der Waals surface area (Å²) in [5.74, 6) is -2.06. The minimum Gasteiger partial charge on any atom is -0.479 e. The minimum absolute atomic E-state index is 0.323. The zero-order valence-electron chi connectivity index (χ0n) is 14.7. The van der Waals surface area contributed by atoms with Gasteiger partial charge >= 0.3 is 5.97 Å². The predicted octanol–water partition coefficient (Wildman–Crippen LogP) is 0.575. The average Bonchev–Trinajstić information content (AvgIpc) is 2.60. The monoisotopic (exact) mass is 412 g/mol. The Morgan fingerprint density at radius 1 is 0.889 bits per heavy atom. The third-order valence-corrected chi connectivity index (χ3v) is 8.55. The summed E-state index contributed by atoms with van der Waals surface area (Å²) in [5, 5.41) is 7.13. The number of nitrogens with two attached hydrogens (primary N) is 2. The summed E-state index contributed by atoms with van der Waals surface area (Å²) in [6.07, 6.45) is 0. The first-order chi connectivity index (χ1) is 12.3. The van der Waals surface area contributed by atoms with Crippen LogP contribution in [-0.4, -0.2) is 38.2 Å². The Morgan fingerprint density at radius 2 is 1.26 bits per heavy atom. The van der Waals surface area contributed by atoms with Gasteiger partial charge in [-0.2, -0.15) is 0 Å². The minimum atomic E-state index is -4.84. The third-order valence-electron chi connectivity index (χ3n) is 4.22. The molecule has 2 rings (SSSR count). The molecule has 0 amide bonds. The smallest absolute Gasteiger partial charge is 0.342 e. The third kappa shape index (κ3) is 3.48. The van der Waals surface area contributed by atoms with E-state index in [0.29, 0.717) is 0 Å². The lowest BCUT2D eigenvalue weighted by molar-refractivity contribution is -0.140. The zero-order chi connectivity index (χ0) is 20.6. The Bertz CT molecular complexity index is 1060. The summed E-state index contributed by atoms with van der Waals surface area (Å²) < 4.78 is 51.4. The Kier molecular flexibility index (Phi) is 5.48. The van der Waals surface area contributed by atoms with E-state index in [1.807, 2.05) is 0 Å². The molecule has 0 aliphatic carbocycles. The Labute approximate surface area is 157 Å². The Balaban J connectivity index is 2.66. The standard InChI is InChI=1S/C17H20N2O6S2/c1-11-3-7-13(8-4-11)26(22,23)15(18)17(19,16(20)21)27(24,25)14-9-5-12(2)6-10-14/h3-10,15H,18-19H2,1-2H3,(H,20,21). The van der Waals surface area contributed by atoms with Crippen LogP contribution < -0.4 is 11.5 Å². The van der Waals surface area contributed by atoms with E-state index in [4.69, 9.17) is 11.5 Å². The molecular weight excluding hydrogens is 392 g/mol. The molecule has 2 unspecified atom stereocenters. The number of sulfone groups is 2. The topological polar surface area (TPSA) is 158 Å². The van der Waals surface area contributed by atoms with Crippen molar-refractivity contribution in [1.29, 1.82) is 0 Å². The van der Waals surface area contributed by atoms with E-state index < -0.39 is 40.8 Å². The van der Waals surface area contributed by atoms with E-state index in [0.717, 1.165) is 23.3 Å². The van der Waals surface area contributed by atoms with Gasteiger partial charge < -0.3 is 16.6 Å². The summed E-state index contributed by atoms with van der Waals surface area (Å²) in [6, 6.07) is 10.6. The number of aliphatic carboxylic acids is 1. The van der Waals surface area contributed by atoms with Crippen molar-refractivity contribution in [2.45, 2.75) is 33.9 Å². The van der Waals surface area contributed by atoms with E-state index in [-0.39, 0.29) is 4.90 Å². The second kappa shape index (κ2) is 7.04. The Morgan fingerprint density at radius 3 is 1.63 bits per heavy atom. The largest absolute Gasteiger partial charge is 0.479 e. The molecule has 0 bridgehead atoms. The molecule has 0 radical (unpaired) electrons. The second-order valence-corrected chi connectivity index (χ2v) is 10.4. The number of hydrogen-bond donors (Lipinski definition) is 3. The van der Waals surface area contributed by atoms with Gasteiger partial charge in [-0.15, -0.1) is 0 Å². The van der Waals surface area contributed by atoms with Gasteiger partial charge in [-0.1, -0.05) is 35.4 Å². The summed E-state index contributed by atoms with van der Waals surface area (Å²) in [4.78, 5) is 7.79. The van der Waals surface area contributed by atoms with E-state index in [1.165, 1.54) is 36.4 Å². The van der Waals surface area contributed by atoms with Crippen LogP contribution in [0.2, 0.25) is 0 Å². The van der Waals surface area contributed by atoms with Crippen LogP contribution in [0.4, 0.5) is 0 Å². The fourth-order valence-corrected chi connectivity index (χ4v) is 5.96. The summed E-state index contributed by atoms with van der Waals surface area (Å²) >= 11 is 0. The van der Waals surface area contributed by atoms with Crippen LogP contribution in [0, 0.1) is 13.8 Å². The molecule has 10 heteroatoms. The molecule has 2 aromatic rings. The van der Waals surface area contributed by atoms with Crippen molar-refractivity contribution in [3.05, 3.63) is 59.7 Å². The molecule has 0 spiro atoms. The molecule has 2 atom stereocenters. The fourth-order valence-electron chi connectivity index (χ4n) is 2.41. The Hall–Kier alpha value is -2.27. The summed E-state index contributed by atoms with van der Waals surface area (Å²) in [6.45, 7) is 3.43. The molecule has 0 fully saturated rings. The first kappa shape index (κ1) is 21.0. The normalized spacial score (nSPS) is 15.7. The number of carboxylic acids is 1. The average molecular weight is 412 g/mol. The molecule has 0 aromatic heterocycles. The second-order valence-electron chi connectivity index (χ2n) is 6.19. The molecule has 0 saturated carbocycles. The molecule has 146 valence electrons. The lowest BCUT2D eigenvalue weighted by Gasteiger charge is -2.30. The molecule has 27 heavy (non-hydrogen) atoms. The van der Waals surface area contributed by atoms with E-state index >= 15 is 0 Å². The van der Waals surface area contributed by atoms with Gasteiger partial charge in [0.1, 0.15) is 0 Å². The molecule has 0 aliphatic heterocycles. The van der Waals surface area contributed by atoms with E-state index in [9.17, 15) is 26.7 Å². The van der Waals surface area contributed by atoms with Gasteiger partial charge in [-0.3, -0.25) is 0 Å². The molecular formula is C17H20N2O6S2. The van der Waals surface area contributed by atoms with Crippen molar-refractivity contribution in [2.24, 2.45) is 11.5 Å². The fraction of sp³-hybridized carbons (Fsp3) is 0.235. The molecule has 8 nitrogen and oxygen atoms in total. The van der Waals surface area contributed by atoms with Gasteiger partial charge in [0.05, 0.1) is 9.79 Å². The van der Waals surface area contributed by atoms with E-state index in [1.54, 1.807) is 13.8 Å². The summed E-state index contributed by atoms with van der Waals surface area (Å²) in [7, 11) is -9.41. The molecule has 0 heterocycles.